The molecule has 1 amide bonds. The number of nitrogens with two attached hydrogens (primary N) is 1. The fraction of sp³-hybridized carbons (Fsp3) is 0.261. The Bertz CT molecular complexity index is 1190. The van der Waals surface area contributed by atoms with E-state index in [1.165, 1.54) is 13.0 Å². The van der Waals surface area contributed by atoms with Crippen molar-refractivity contribution in [1.82, 2.24) is 9.38 Å². The Morgan fingerprint density at radius 3 is 2.83 bits per heavy atom. The zero-order valence-corrected chi connectivity index (χ0v) is 17.2. The number of nitrogens with one attached hydrogen (secondary N) is 1. The number of carbonyl (C=O) groups excluding carboxylic acids is 2. The Morgan fingerprint density at radius 1 is 1.27 bits per heavy atom. The van der Waals surface area contributed by atoms with Gasteiger partial charge in [0.05, 0.1) is 5.56 Å². The largest absolute Gasteiger partial charge is 0.471 e. The number of benzene rings is 1. The predicted octanol–water partition coefficient (Wildman–Crippen LogP) is 3.60. The van der Waals surface area contributed by atoms with E-state index in [1.807, 2.05) is 48.7 Å². The Hall–Kier alpha value is -3.61. The number of ether oxygens (including phenoxy) is 1. The minimum Gasteiger partial charge on any atom is -0.471 e. The maximum absolute atomic E-state index is 12.9. The van der Waals surface area contributed by atoms with E-state index < -0.39 is 0 Å². The number of aryl methyl sites for hydroxylation is 3. The molecule has 0 saturated carbocycles. The zero-order valence-electron chi connectivity index (χ0n) is 17.2. The van der Waals surface area contributed by atoms with Crippen LogP contribution in [0.1, 0.15) is 52.3 Å². The average molecular weight is 404 g/mol. The number of carbonyl (C=O) groups is 2. The van der Waals surface area contributed by atoms with Gasteiger partial charge < -0.3 is 20.2 Å². The van der Waals surface area contributed by atoms with E-state index in [9.17, 15) is 9.59 Å². The van der Waals surface area contributed by atoms with Gasteiger partial charge in [0.15, 0.2) is 11.7 Å². The second-order valence-electron chi connectivity index (χ2n) is 7.63. The van der Waals surface area contributed by atoms with Gasteiger partial charge in [0.2, 0.25) is 0 Å². The molecule has 1 aromatic carbocycles. The van der Waals surface area contributed by atoms with Gasteiger partial charge in [0, 0.05) is 29.3 Å². The molecular weight excluding hydrogens is 380 g/mol. The van der Waals surface area contributed by atoms with Crippen LogP contribution in [0.15, 0.2) is 48.5 Å². The molecule has 3 N–H and O–H groups in total. The summed E-state index contributed by atoms with van der Waals surface area (Å²) < 4.78 is 7.66. The first-order valence-electron chi connectivity index (χ1n) is 9.85. The molecule has 0 radical (unpaired) electrons. The molecule has 4 rings (SSSR count). The summed E-state index contributed by atoms with van der Waals surface area (Å²) in [6.07, 6.45) is 4.51. The van der Waals surface area contributed by atoms with Crippen LogP contribution in [0.25, 0.3) is 5.65 Å². The van der Waals surface area contributed by atoms with Gasteiger partial charge in [-0.15, -0.1) is 0 Å². The van der Waals surface area contributed by atoms with Gasteiger partial charge in [-0.05, 0) is 69.0 Å². The van der Waals surface area contributed by atoms with Gasteiger partial charge in [-0.2, -0.15) is 0 Å². The lowest BCUT2D eigenvalue weighted by atomic mass is 10.1. The monoisotopic (exact) mass is 404 g/mol. The highest BCUT2D eigenvalue weighted by atomic mass is 16.5. The minimum atomic E-state index is -0.241. The van der Waals surface area contributed by atoms with Crippen LogP contribution in [-0.2, 0) is 16.0 Å². The molecule has 1 unspecified atom stereocenters. The SMILES string of the molecule is CC(=O)C=C(N)OC1CCc2ccc(NC(=O)c3ccn4c(C)cc(C)nc34)cc21. The number of fused-ring (bicyclic) bond motifs is 2. The van der Waals surface area contributed by atoms with Crippen molar-refractivity contribution in [3.05, 3.63) is 76.6 Å². The highest BCUT2D eigenvalue weighted by Gasteiger charge is 2.25. The molecule has 0 fully saturated rings. The van der Waals surface area contributed by atoms with Gasteiger partial charge in [-0.1, -0.05) is 6.07 Å². The molecule has 0 saturated heterocycles. The molecule has 0 spiro atoms. The molecule has 7 heteroatoms. The summed E-state index contributed by atoms with van der Waals surface area (Å²) in [6, 6.07) is 9.53. The van der Waals surface area contributed by atoms with E-state index >= 15 is 0 Å². The Labute approximate surface area is 174 Å². The number of aromatic nitrogens is 2. The number of allylic oxidation sites excluding steroid dienone is 1. The fourth-order valence-corrected chi connectivity index (χ4v) is 3.93. The maximum Gasteiger partial charge on any atom is 0.259 e. The van der Waals surface area contributed by atoms with Crippen LogP contribution in [0, 0.1) is 13.8 Å². The van der Waals surface area contributed by atoms with Crippen molar-refractivity contribution < 1.29 is 14.3 Å². The molecular formula is C23H24N4O3. The highest BCUT2D eigenvalue weighted by molar-refractivity contribution is 6.08. The van der Waals surface area contributed by atoms with E-state index in [2.05, 4.69) is 10.3 Å². The maximum atomic E-state index is 12.9. The van der Waals surface area contributed by atoms with E-state index in [1.54, 1.807) is 6.07 Å². The molecule has 7 nitrogen and oxygen atoms in total. The number of rotatable bonds is 5. The molecule has 1 aliphatic carbocycles. The third-order valence-corrected chi connectivity index (χ3v) is 5.23. The van der Waals surface area contributed by atoms with E-state index in [-0.39, 0.29) is 23.7 Å². The van der Waals surface area contributed by atoms with Crippen molar-refractivity contribution in [1.29, 1.82) is 0 Å². The molecule has 1 atom stereocenters. The third-order valence-electron chi connectivity index (χ3n) is 5.23. The number of amides is 1. The van der Waals surface area contributed by atoms with Crippen molar-refractivity contribution in [2.75, 3.05) is 5.32 Å². The number of anilines is 1. The lowest BCUT2D eigenvalue weighted by Gasteiger charge is -2.15. The van der Waals surface area contributed by atoms with Gasteiger partial charge in [0.1, 0.15) is 11.8 Å². The van der Waals surface area contributed by atoms with Crippen molar-refractivity contribution >= 4 is 23.0 Å². The number of hydrogen-bond donors (Lipinski definition) is 2. The van der Waals surface area contributed by atoms with Crippen LogP contribution < -0.4 is 11.1 Å². The van der Waals surface area contributed by atoms with Crippen LogP contribution in [0.2, 0.25) is 0 Å². The van der Waals surface area contributed by atoms with Crippen LogP contribution in [0.4, 0.5) is 5.69 Å². The molecule has 0 aliphatic heterocycles. The van der Waals surface area contributed by atoms with Gasteiger partial charge in [-0.3, -0.25) is 9.59 Å². The van der Waals surface area contributed by atoms with Crippen LogP contribution in [0.3, 0.4) is 0 Å². The number of hydrogen-bond acceptors (Lipinski definition) is 5. The first-order chi connectivity index (χ1) is 14.3. The molecule has 154 valence electrons. The summed E-state index contributed by atoms with van der Waals surface area (Å²) in [4.78, 5) is 28.7. The van der Waals surface area contributed by atoms with Crippen LogP contribution >= 0.6 is 0 Å². The molecule has 30 heavy (non-hydrogen) atoms. The molecule has 3 aromatic rings. The Morgan fingerprint density at radius 2 is 2.07 bits per heavy atom. The van der Waals surface area contributed by atoms with Crippen LogP contribution in [-0.4, -0.2) is 21.1 Å². The fourth-order valence-electron chi connectivity index (χ4n) is 3.93. The quantitative estimate of drug-likeness (QED) is 0.500. The van der Waals surface area contributed by atoms with Crippen molar-refractivity contribution in [3.8, 4) is 0 Å². The molecule has 2 heterocycles. The third kappa shape index (κ3) is 3.78. The van der Waals surface area contributed by atoms with E-state index in [0.29, 0.717) is 16.9 Å². The standard InChI is InChI=1S/C23H24N4O3/c1-13-10-14(2)27-9-8-18(22(27)25-13)23(29)26-17-6-4-16-5-7-20(19(16)12-17)30-21(24)11-15(3)28/h4,6,8-12,20H,5,7,24H2,1-3H3,(H,26,29). The average Bonchev–Trinajstić information content (AvgIpc) is 3.25. The summed E-state index contributed by atoms with van der Waals surface area (Å²) in [7, 11) is 0. The van der Waals surface area contributed by atoms with Crippen molar-refractivity contribution in [2.45, 2.75) is 39.7 Å². The van der Waals surface area contributed by atoms with Crippen molar-refractivity contribution in [3.63, 3.8) is 0 Å². The Kier molecular flexibility index (Phi) is 5.03. The summed E-state index contributed by atoms with van der Waals surface area (Å²) in [6.45, 7) is 5.32. The summed E-state index contributed by atoms with van der Waals surface area (Å²) >= 11 is 0. The van der Waals surface area contributed by atoms with Crippen molar-refractivity contribution in [2.24, 2.45) is 5.73 Å². The molecule has 2 aromatic heterocycles. The number of ketones is 1. The molecule has 0 bridgehead atoms. The summed E-state index contributed by atoms with van der Waals surface area (Å²) in [5.74, 6) is -0.279. The van der Waals surface area contributed by atoms with Gasteiger partial charge in [0.25, 0.3) is 5.91 Å². The Balaban J connectivity index is 1.57. The topological polar surface area (TPSA) is 98.7 Å². The minimum absolute atomic E-state index is 0.104. The second-order valence-corrected chi connectivity index (χ2v) is 7.63. The first-order valence-corrected chi connectivity index (χ1v) is 9.85. The van der Waals surface area contributed by atoms with Gasteiger partial charge in [-0.25, -0.2) is 4.98 Å². The molecule has 1 aliphatic rings. The number of nitrogens with zero attached hydrogens (tertiary/aromatic N) is 2. The van der Waals surface area contributed by atoms with Gasteiger partial charge >= 0.3 is 0 Å². The summed E-state index contributed by atoms with van der Waals surface area (Å²) in [5.41, 5.74) is 11.6. The smallest absolute Gasteiger partial charge is 0.259 e. The second kappa shape index (κ2) is 7.67. The predicted molar refractivity (Wildman–Crippen MR) is 114 cm³/mol. The first kappa shape index (κ1) is 19.7. The van der Waals surface area contributed by atoms with Crippen LogP contribution in [0.5, 0.6) is 0 Å². The van der Waals surface area contributed by atoms with E-state index in [4.69, 9.17) is 10.5 Å². The lowest BCUT2D eigenvalue weighted by Crippen LogP contribution is -2.13. The zero-order chi connectivity index (χ0) is 21.4. The van der Waals surface area contributed by atoms with E-state index in [0.717, 1.165) is 35.4 Å². The summed E-state index contributed by atoms with van der Waals surface area (Å²) in [5, 5.41) is 2.96. The highest BCUT2D eigenvalue weighted by Crippen LogP contribution is 2.36. The lowest BCUT2D eigenvalue weighted by molar-refractivity contribution is -0.112. The normalized spacial score (nSPS) is 15.8.